The standard InChI is InChI=1S/C15H25NO4/c1-20-9-5-4-8-14(17)16-12-7-3-2-6-11(12)10-13(16)15(18)19/h11-13H,2-10H2,1H3,(H,18,19). The summed E-state index contributed by atoms with van der Waals surface area (Å²) in [4.78, 5) is 25.5. The van der Waals surface area contributed by atoms with Crippen LogP contribution in [-0.4, -0.2) is 47.7 Å². The molecule has 1 N–H and O–H groups in total. The van der Waals surface area contributed by atoms with Gasteiger partial charge in [0.2, 0.25) is 5.91 Å². The van der Waals surface area contributed by atoms with Crippen molar-refractivity contribution >= 4 is 11.9 Å². The summed E-state index contributed by atoms with van der Waals surface area (Å²) in [7, 11) is 1.65. The predicted molar refractivity (Wildman–Crippen MR) is 74.4 cm³/mol. The van der Waals surface area contributed by atoms with Crippen molar-refractivity contribution in [2.24, 2.45) is 5.92 Å². The van der Waals surface area contributed by atoms with Crippen LogP contribution in [-0.2, 0) is 14.3 Å². The number of hydrogen-bond acceptors (Lipinski definition) is 3. The first-order chi connectivity index (χ1) is 9.65. The van der Waals surface area contributed by atoms with Gasteiger partial charge in [0.05, 0.1) is 0 Å². The third-order valence-corrected chi connectivity index (χ3v) is 4.65. The average molecular weight is 283 g/mol. The molecule has 3 unspecified atom stereocenters. The molecule has 5 nitrogen and oxygen atoms in total. The van der Waals surface area contributed by atoms with Crippen LogP contribution in [0.3, 0.4) is 0 Å². The van der Waals surface area contributed by atoms with E-state index < -0.39 is 12.0 Å². The second-order valence-electron chi connectivity index (χ2n) is 5.95. The number of carbonyl (C=O) groups excluding carboxylic acids is 1. The maximum Gasteiger partial charge on any atom is 0.326 e. The van der Waals surface area contributed by atoms with Gasteiger partial charge in [-0.3, -0.25) is 4.79 Å². The predicted octanol–water partition coefficient (Wildman–Crippen LogP) is 2.05. The molecule has 1 aliphatic heterocycles. The van der Waals surface area contributed by atoms with Gasteiger partial charge in [-0.05, 0) is 38.0 Å². The first-order valence-electron chi connectivity index (χ1n) is 7.68. The topological polar surface area (TPSA) is 66.8 Å². The van der Waals surface area contributed by atoms with Crippen LogP contribution in [0.4, 0.5) is 0 Å². The van der Waals surface area contributed by atoms with Crippen molar-refractivity contribution in [1.82, 2.24) is 4.90 Å². The minimum absolute atomic E-state index is 0.0166. The highest BCUT2D eigenvalue weighted by Crippen LogP contribution is 2.40. The Hall–Kier alpha value is -1.10. The van der Waals surface area contributed by atoms with E-state index in [0.717, 1.165) is 32.1 Å². The number of methoxy groups -OCH3 is 1. The molecule has 0 radical (unpaired) electrons. The monoisotopic (exact) mass is 283 g/mol. The lowest BCUT2D eigenvalue weighted by molar-refractivity contribution is -0.150. The molecule has 3 atom stereocenters. The van der Waals surface area contributed by atoms with E-state index in [2.05, 4.69) is 0 Å². The van der Waals surface area contributed by atoms with E-state index in [9.17, 15) is 14.7 Å². The maximum absolute atomic E-state index is 12.4. The lowest BCUT2D eigenvalue weighted by Crippen LogP contribution is -2.46. The number of nitrogens with zero attached hydrogens (tertiary/aromatic N) is 1. The Balaban J connectivity index is 1.97. The molecule has 114 valence electrons. The van der Waals surface area contributed by atoms with Crippen LogP contribution in [0.25, 0.3) is 0 Å². The summed E-state index contributed by atoms with van der Waals surface area (Å²) in [5.74, 6) is -0.430. The first-order valence-corrected chi connectivity index (χ1v) is 7.68. The molecule has 2 fully saturated rings. The number of unbranched alkanes of at least 4 members (excludes halogenated alkanes) is 1. The molecule has 1 amide bonds. The second-order valence-corrected chi connectivity index (χ2v) is 5.95. The Labute approximate surface area is 120 Å². The van der Waals surface area contributed by atoms with Gasteiger partial charge in [0.15, 0.2) is 0 Å². The third-order valence-electron chi connectivity index (χ3n) is 4.65. The van der Waals surface area contributed by atoms with E-state index in [-0.39, 0.29) is 11.9 Å². The quantitative estimate of drug-likeness (QED) is 0.758. The number of hydrogen-bond donors (Lipinski definition) is 1. The smallest absolute Gasteiger partial charge is 0.326 e. The molecule has 1 aliphatic carbocycles. The zero-order valence-electron chi connectivity index (χ0n) is 12.2. The molecule has 2 aliphatic rings. The van der Waals surface area contributed by atoms with Crippen LogP contribution in [0.2, 0.25) is 0 Å². The molecule has 1 saturated carbocycles. The maximum atomic E-state index is 12.4. The average Bonchev–Trinajstić information content (AvgIpc) is 2.83. The van der Waals surface area contributed by atoms with E-state index in [1.54, 1.807) is 12.0 Å². The molecule has 0 spiro atoms. The normalized spacial score (nSPS) is 29.2. The number of rotatable bonds is 6. The van der Waals surface area contributed by atoms with Crippen LogP contribution in [0.1, 0.15) is 51.4 Å². The Kier molecular flexibility index (Phi) is 5.40. The van der Waals surface area contributed by atoms with Crippen LogP contribution < -0.4 is 0 Å². The molecule has 1 heterocycles. The minimum atomic E-state index is -0.843. The highest BCUT2D eigenvalue weighted by molar-refractivity contribution is 5.84. The van der Waals surface area contributed by atoms with Crippen LogP contribution in [0.5, 0.6) is 0 Å². The number of fused-ring (bicyclic) bond motifs is 1. The summed E-state index contributed by atoms with van der Waals surface area (Å²) in [6.45, 7) is 0.654. The van der Waals surface area contributed by atoms with Crippen molar-refractivity contribution in [1.29, 1.82) is 0 Å². The van der Waals surface area contributed by atoms with Crippen LogP contribution in [0.15, 0.2) is 0 Å². The SMILES string of the molecule is COCCCCC(=O)N1C(C(=O)O)CC2CCCCC21. The van der Waals surface area contributed by atoms with Gasteiger partial charge < -0.3 is 14.7 Å². The zero-order chi connectivity index (χ0) is 14.5. The second kappa shape index (κ2) is 7.07. The number of likely N-dealkylation sites (tertiary alicyclic amines) is 1. The molecule has 20 heavy (non-hydrogen) atoms. The molecule has 0 aromatic heterocycles. The van der Waals surface area contributed by atoms with Gasteiger partial charge in [-0.1, -0.05) is 12.8 Å². The Bertz CT molecular complexity index is 358. The first kappa shape index (κ1) is 15.3. The van der Waals surface area contributed by atoms with Gasteiger partial charge in [0, 0.05) is 26.2 Å². The molecule has 0 aromatic carbocycles. The van der Waals surface area contributed by atoms with Crippen molar-refractivity contribution in [3.63, 3.8) is 0 Å². The number of aliphatic carboxylic acids is 1. The molecule has 2 rings (SSSR count). The number of ether oxygens (including phenoxy) is 1. The van der Waals surface area contributed by atoms with Crippen LogP contribution >= 0.6 is 0 Å². The van der Waals surface area contributed by atoms with Gasteiger partial charge in [-0.25, -0.2) is 4.79 Å². The van der Waals surface area contributed by atoms with Crippen LogP contribution in [0, 0.1) is 5.92 Å². The number of carbonyl (C=O) groups is 2. The lowest BCUT2D eigenvalue weighted by atomic mass is 9.84. The summed E-state index contributed by atoms with van der Waals surface area (Å²) >= 11 is 0. The largest absolute Gasteiger partial charge is 0.480 e. The number of carboxylic acid groups (broad SMARTS) is 1. The third kappa shape index (κ3) is 3.32. The summed E-state index contributed by atoms with van der Waals surface area (Å²) in [5, 5.41) is 9.38. The van der Waals surface area contributed by atoms with E-state index in [4.69, 9.17) is 4.74 Å². The molecular formula is C15H25NO4. The van der Waals surface area contributed by atoms with Crippen molar-refractivity contribution in [2.75, 3.05) is 13.7 Å². The van der Waals surface area contributed by atoms with E-state index in [1.807, 2.05) is 0 Å². The fourth-order valence-electron chi connectivity index (χ4n) is 3.69. The Morgan fingerprint density at radius 3 is 2.70 bits per heavy atom. The molecule has 1 saturated heterocycles. The summed E-state index contributed by atoms with van der Waals surface area (Å²) in [6.07, 6.45) is 7.03. The molecule has 0 bridgehead atoms. The Morgan fingerprint density at radius 1 is 1.25 bits per heavy atom. The highest BCUT2D eigenvalue weighted by Gasteiger charge is 2.47. The van der Waals surface area contributed by atoms with E-state index in [0.29, 0.717) is 25.4 Å². The van der Waals surface area contributed by atoms with Crippen molar-refractivity contribution in [3.8, 4) is 0 Å². The van der Waals surface area contributed by atoms with Crippen molar-refractivity contribution < 1.29 is 19.4 Å². The summed E-state index contributed by atoms with van der Waals surface area (Å²) < 4.78 is 4.98. The molecular weight excluding hydrogens is 258 g/mol. The lowest BCUT2D eigenvalue weighted by Gasteiger charge is -2.33. The fraction of sp³-hybridized carbons (Fsp3) is 0.867. The summed E-state index contributed by atoms with van der Waals surface area (Å²) in [6, 6.07) is -0.433. The number of carboxylic acids is 1. The van der Waals surface area contributed by atoms with Crippen molar-refractivity contribution in [3.05, 3.63) is 0 Å². The van der Waals surface area contributed by atoms with Gasteiger partial charge in [-0.2, -0.15) is 0 Å². The summed E-state index contributed by atoms with van der Waals surface area (Å²) in [5.41, 5.74) is 0. The zero-order valence-corrected chi connectivity index (χ0v) is 12.2. The van der Waals surface area contributed by atoms with Gasteiger partial charge >= 0.3 is 5.97 Å². The van der Waals surface area contributed by atoms with Gasteiger partial charge in [0.25, 0.3) is 0 Å². The highest BCUT2D eigenvalue weighted by atomic mass is 16.5. The Morgan fingerprint density at radius 2 is 2.00 bits per heavy atom. The van der Waals surface area contributed by atoms with Crippen molar-refractivity contribution in [2.45, 2.75) is 63.5 Å². The fourth-order valence-corrected chi connectivity index (χ4v) is 3.69. The molecule has 5 heteroatoms. The van der Waals surface area contributed by atoms with Gasteiger partial charge in [0.1, 0.15) is 6.04 Å². The van der Waals surface area contributed by atoms with Gasteiger partial charge in [-0.15, -0.1) is 0 Å². The minimum Gasteiger partial charge on any atom is -0.480 e. The van der Waals surface area contributed by atoms with E-state index >= 15 is 0 Å². The number of amides is 1. The molecule has 0 aromatic rings. The van der Waals surface area contributed by atoms with E-state index in [1.165, 1.54) is 6.42 Å².